The van der Waals surface area contributed by atoms with Crippen molar-refractivity contribution in [2.24, 2.45) is 28.6 Å². The summed E-state index contributed by atoms with van der Waals surface area (Å²) in [7, 11) is 0. The maximum atomic E-state index is 12.4. The molecule has 1 aromatic heterocycles. The van der Waals surface area contributed by atoms with Crippen molar-refractivity contribution in [2.75, 3.05) is 26.2 Å². The van der Waals surface area contributed by atoms with E-state index in [2.05, 4.69) is 18.7 Å². The standard InChI is InChI=1S/C30H47NO4/c1-27-11-8-24(35-18-5-17-31-15-3-4-16-31)20-22(27)6-7-26-25(27)9-12-28(2)29(32,13-14-30(26,28)33)23-10-19-34-21-23/h10,19,21-22,24-26,32-33H,3-9,11-18,20H2,1-2H3/t22-,24+,25+,26-,27+,28-,29+,30+/m1/s1. The highest BCUT2D eigenvalue weighted by atomic mass is 16.5. The summed E-state index contributed by atoms with van der Waals surface area (Å²) in [5, 5.41) is 24.3. The molecule has 1 aromatic rings. The minimum Gasteiger partial charge on any atom is -0.472 e. The van der Waals surface area contributed by atoms with E-state index < -0.39 is 16.6 Å². The topological polar surface area (TPSA) is 66.1 Å². The predicted molar refractivity (Wildman–Crippen MR) is 136 cm³/mol. The van der Waals surface area contributed by atoms with Crippen LogP contribution in [-0.2, 0) is 10.3 Å². The van der Waals surface area contributed by atoms with E-state index in [1.807, 2.05) is 6.07 Å². The summed E-state index contributed by atoms with van der Waals surface area (Å²) in [4.78, 5) is 2.58. The first-order valence-corrected chi connectivity index (χ1v) is 14.6. The zero-order valence-electron chi connectivity index (χ0n) is 22.0. The molecule has 5 nitrogen and oxygen atoms in total. The van der Waals surface area contributed by atoms with Gasteiger partial charge in [-0.05, 0) is 119 Å². The Morgan fingerprint density at radius 3 is 2.60 bits per heavy atom. The van der Waals surface area contributed by atoms with Crippen LogP contribution in [0.15, 0.2) is 23.0 Å². The predicted octanol–water partition coefficient (Wildman–Crippen LogP) is 5.50. The maximum Gasteiger partial charge on any atom is 0.101 e. The van der Waals surface area contributed by atoms with Crippen molar-refractivity contribution in [2.45, 2.75) is 108 Å². The molecule has 5 heteroatoms. The molecule has 2 N–H and O–H groups in total. The molecule has 0 aromatic carbocycles. The van der Waals surface area contributed by atoms with Gasteiger partial charge in [0, 0.05) is 24.1 Å². The van der Waals surface area contributed by atoms with Gasteiger partial charge in [0.2, 0.25) is 0 Å². The highest BCUT2D eigenvalue weighted by molar-refractivity contribution is 5.30. The summed E-state index contributed by atoms with van der Waals surface area (Å²) in [6.07, 6.45) is 16.8. The number of hydrogen-bond acceptors (Lipinski definition) is 5. The van der Waals surface area contributed by atoms with Gasteiger partial charge in [0.1, 0.15) is 5.60 Å². The van der Waals surface area contributed by atoms with E-state index in [1.54, 1.807) is 12.5 Å². The summed E-state index contributed by atoms with van der Waals surface area (Å²) in [5.74, 6) is 1.52. The molecule has 0 spiro atoms. The van der Waals surface area contributed by atoms with E-state index in [1.165, 1.54) is 51.7 Å². The van der Waals surface area contributed by atoms with Crippen molar-refractivity contribution in [3.05, 3.63) is 24.2 Å². The molecule has 196 valence electrons. The van der Waals surface area contributed by atoms with E-state index in [-0.39, 0.29) is 11.3 Å². The molecule has 4 aliphatic carbocycles. The molecule has 5 fully saturated rings. The Morgan fingerprint density at radius 2 is 1.83 bits per heavy atom. The number of nitrogens with zero attached hydrogens (tertiary/aromatic N) is 1. The van der Waals surface area contributed by atoms with Crippen molar-refractivity contribution in [1.29, 1.82) is 0 Å². The molecule has 1 aliphatic heterocycles. The van der Waals surface area contributed by atoms with E-state index in [0.717, 1.165) is 44.3 Å². The quantitative estimate of drug-likeness (QED) is 0.521. The Bertz CT molecular complexity index is 883. The van der Waals surface area contributed by atoms with Gasteiger partial charge < -0.3 is 24.3 Å². The van der Waals surface area contributed by atoms with Gasteiger partial charge in [-0.1, -0.05) is 13.8 Å². The second-order valence-electron chi connectivity index (χ2n) is 13.3. The van der Waals surface area contributed by atoms with Crippen molar-refractivity contribution in [3.8, 4) is 0 Å². The molecule has 0 bridgehead atoms. The second-order valence-corrected chi connectivity index (χ2v) is 13.3. The van der Waals surface area contributed by atoms with Crippen LogP contribution in [0.4, 0.5) is 0 Å². The van der Waals surface area contributed by atoms with Crippen LogP contribution in [0.3, 0.4) is 0 Å². The number of hydrogen-bond donors (Lipinski definition) is 2. The van der Waals surface area contributed by atoms with Crippen molar-refractivity contribution in [3.63, 3.8) is 0 Å². The molecule has 6 rings (SSSR count). The third-order valence-electron chi connectivity index (χ3n) is 12.1. The lowest BCUT2D eigenvalue weighted by Crippen LogP contribution is -2.64. The van der Waals surface area contributed by atoms with E-state index in [0.29, 0.717) is 30.8 Å². The highest BCUT2D eigenvalue weighted by Crippen LogP contribution is 2.71. The minimum absolute atomic E-state index is 0.279. The number of fused-ring (bicyclic) bond motifs is 5. The van der Waals surface area contributed by atoms with Crippen molar-refractivity contribution < 1.29 is 19.4 Å². The number of furan rings is 1. The van der Waals surface area contributed by atoms with Crippen LogP contribution in [0, 0.1) is 28.6 Å². The van der Waals surface area contributed by atoms with Crippen LogP contribution in [-0.4, -0.2) is 53.1 Å². The third kappa shape index (κ3) is 3.62. The number of aliphatic hydroxyl groups is 2. The van der Waals surface area contributed by atoms with Crippen LogP contribution in [0.5, 0.6) is 0 Å². The lowest BCUT2D eigenvalue weighted by molar-refractivity contribution is -0.239. The smallest absolute Gasteiger partial charge is 0.101 e. The SMILES string of the molecule is C[C@]12CC[C@H](OCCCN3CCCC3)C[C@H]1CC[C@@H]1[C@@H]2CC[C@]2(C)[C@@](O)(c3ccoc3)CC[C@]12O. The van der Waals surface area contributed by atoms with Crippen LogP contribution in [0.1, 0.15) is 96.5 Å². The summed E-state index contributed by atoms with van der Waals surface area (Å²) >= 11 is 0. The Hall–Kier alpha value is -0.880. The molecular weight excluding hydrogens is 438 g/mol. The van der Waals surface area contributed by atoms with Crippen molar-refractivity contribution in [1.82, 2.24) is 4.90 Å². The van der Waals surface area contributed by atoms with Crippen LogP contribution < -0.4 is 0 Å². The monoisotopic (exact) mass is 485 g/mol. The molecule has 1 saturated heterocycles. The average Bonchev–Trinajstić information content (AvgIpc) is 3.60. The van der Waals surface area contributed by atoms with Crippen LogP contribution in [0.2, 0.25) is 0 Å². The molecule has 0 unspecified atom stereocenters. The minimum atomic E-state index is -1.00. The van der Waals surface area contributed by atoms with Gasteiger partial charge in [-0.3, -0.25) is 0 Å². The first kappa shape index (κ1) is 24.5. The Balaban J connectivity index is 1.12. The fourth-order valence-electron chi connectivity index (χ4n) is 9.86. The molecule has 0 radical (unpaired) electrons. The summed E-state index contributed by atoms with van der Waals surface area (Å²) in [6, 6.07) is 1.90. The Kier molecular flexibility index (Phi) is 6.19. The summed E-state index contributed by atoms with van der Waals surface area (Å²) in [6.45, 7) is 9.34. The zero-order valence-corrected chi connectivity index (χ0v) is 22.0. The highest BCUT2D eigenvalue weighted by Gasteiger charge is 2.72. The van der Waals surface area contributed by atoms with Gasteiger partial charge in [0.05, 0.1) is 24.2 Å². The van der Waals surface area contributed by atoms with E-state index >= 15 is 0 Å². The Morgan fingerprint density at radius 1 is 1.00 bits per heavy atom. The number of rotatable bonds is 6. The maximum absolute atomic E-state index is 12.4. The molecule has 35 heavy (non-hydrogen) atoms. The Labute approximate surface area is 211 Å². The number of likely N-dealkylation sites (tertiary alicyclic amines) is 1. The first-order chi connectivity index (χ1) is 16.8. The lowest BCUT2D eigenvalue weighted by Gasteiger charge is -2.64. The van der Waals surface area contributed by atoms with Crippen LogP contribution in [0.25, 0.3) is 0 Å². The van der Waals surface area contributed by atoms with Gasteiger partial charge in [-0.15, -0.1) is 0 Å². The second kappa shape index (κ2) is 8.85. The molecule has 8 atom stereocenters. The van der Waals surface area contributed by atoms with Gasteiger partial charge in [0.15, 0.2) is 0 Å². The molecular formula is C30H47NO4. The van der Waals surface area contributed by atoms with Crippen LogP contribution >= 0.6 is 0 Å². The largest absolute Gasteiger partial charge is 0.472 e. The normalized spacial score (nSPS) is 47.9. The first-order valence-electron chi connectivity index (χ1n) is 14.6. The fourth-order valence-corrected chi connectivity index (χ4v) is 9.86. The molecule has 2 heterocycles. The lowest BCUT2D eigenvalue weighted by atomic mass is 9.43. The third-order valence-corrected chi connectivity index (χ3v) is 12.1. The fraction of sp³-hybridized carbons (Fsp3) is 0.867. The van der Waals surface area contributed by atoms with E-state index in [9.17, 15) is 10.2 Å². The van der Waals surface area contributed by atoms with Gasteiger partial charge in [-0.2, -0.15) is 0 Å². The summed E-state index contributed by atoms with van der Waals surface area (Å²) in [5.41, 5.74) is -1.20. The van der Waals surface area contributed by atoms with Gasteiger partial charge in [-0.25, -0.2) is 0 Å². The van der Waals surface area contributed by atoms with E-state index in [4.69, 9.17) is 9.15 Å². The number of ether oxygens (including phenoxy) is 1. The van der Waals surface area contributed by atoms with Gasteiger partial charge in [0.25, 0.3) is 0 Å². The molecule has 5 aliphatic rings. The average molecular weight is 486 g/mol. The zero-order chi connectivity index (χ0) is 24.3. The summed E-state index contributed by atoms with van der Waals surface area (Å²) < 4.78 is 11.8. The molecule has 0 amide bonds. The van der Waals surface area contributed by atoms with Crippen molar-refractivity contribution >= 4 is 0 Å². The van der Waals surface area contributed by atoms with Gasteiger partial charge >= 0.3 is 0 Å². The molecule has 4 saturated carbocycles.